The van der Waals surface area contributed by atoms with Gasteiger partial charge in [-0.15, -0.1) is 0 Å². The first-order chi connectivity index (χ1) is 13.6. The summed E-state index contributed by atoms with van der Waals surface area (Å²) in [5, 5.41) is 1.05. The van der Waals surface area contributed by atoms with Gasteiger partial charge in [-0.1, -0.05) is 48.2 Å². The van der Waals surface area contributed by atoms with Crippen LogP contribution in [0.3, 0.4) is 0 Å². The number of aromatic nitrogens is 1. The summed E-state index contributed by atoms with van der Waals surface area (Å²) in [7, 11) is 1.65. The smallest absolute Gasteiger partial charge is 0.266 e. The number of hydrogen-bond acceptors (Lipinski definition) is 5. The molecule has 1 amide bonds. The van der Waals surface area contributed by atoms with Gasteiger partial charge in [-0.2, -0.15) is 0 Å². The number of benzene rings is 2. The van der Waals surface area contributed by atoms with Gasteiger partial charge in [0.2, 0.25) is 0 Å². The van der Waals surface area contributed by atoms with Crippen molar-refractivity contribution in [3.8, 4) is 5.75 Å². The maximum Gasteiger partial charge on any atom is 0.266 e. The summed E-state index contributed by atoms with van der Waals surface area (Å²) in [4.78, 5) is 19.5. The highest BCUT2D eigenvalue weighted by atomic mass is 32.2. The number of carbonyl (C=O) groups excluding carboxylic acids is 1. The second-order valence-electron chi connectivity index (χ2n) is 6.39. The molecule has 140 valence electrons. The molecular weight excluding hydrogens is 388 g/mol. The van der Waals surface area contributed by atoms with E-state index in [0.29, 0.717) is 15.8 Å². The van der Waals surface area contributed by atoms with Crippen molar-refractivity contribution in [2.24, 2.45) is 0 Å². The van der Waals surface area contributed by atoms with Crippen molar-refractivity contribution in [3.63, 3.8) is 0 Å². The normalized spacial score (nSPS) is 15.6. The molecule has 1 fully saturated rings. The summed E-state index contributed by atoms with van der Waals surface area (Å²) in [5.74, 6) is 0.790. The van der Waals surface area contributed by atoms with E-state index in [4.69, 9.17) is 17.0 Å². The molecule has 28 heavy (non-hydrogen) atoms. The van der Waals surface area contributed by atoms with Crippen molar-refractivity contribution >= 4 is 51.2 Å². The maximum atomic E-state index is 12.8. The van der Waals surface area contributed by atoms with E-state index in [0.717, 1.165) is 34.2 Å². The number of fused-ring (bicyclic) bond motifs is 1. The van der Waals surface area contributed by atoms with Crippen molar-refractivity contribution in [1.29, 1.82) is 0 Å². The van der Waals surface area contributed by atoms with Crippen LogP contribution in [0.25, 0.3) is 17.0 Å². The van der Waals surface area contributed by atoms with Crippen LogP contribution in [0.15, 0.2) is 65.7 Å². The molecule has 4 rings (SSSR count). The van der Waals surface area contributed by atoms with Crippen molar-refractivity contribution in [1.82, 2.24) is 9.88 Å². The van der Waals surface area contributed by atoms with Crippen molar-refractivity contribution < 1.29 is 9.53 Å². The molecule has 0 radical (unpaired) electrons. The lowest BCUT2D eigenvalue weighted by Gasteiger charge is -2.14. The number of pyridine rings is 1. The fourth-order valence-electron chi connectivity index (χ4n) is 3.06. The number of thioether (sulfide) groups is 1. The number of methoxy groups -OCH3 is 1. The lowest BCUT2D eigenvalue weighted by atomic mass is 10.1. The van der Waals surface area contributed by atoms with E-state index in [-0.39, 0.29) is 5.91 Å². The average Bonchev–Trinajstić information content (AvgIpc) is 2.99. The van der Waals surface area contributed by atoms with E-state index in [2.05, 4.69) is 4.98 Å². The van der Waals surface area contributed by atoms with Gasteiger partial charge in [-0.05, 0) is 54.0 Å². The first-order valence-corrected chi connectivity index (χ1v) is 10.1. The minimum Gasteiger partial charge on any atom is -0.497 e. The summed E-state index contributed by atoms with van der Waals surface area (Å²) < 4.78 is 5.78. The number of rotatable bonds is 5. The number of thiocarbonyl (C=S) groups is 1. The third kappa shape index (κ3) is 3.93. The molecule has 1 aliphatic rings. The van der Waals surface area contributed by atoms with Gasteiger partial charge in [0.1, 0.15) is 10.1 Å². The Labute approximate surface area is 173 Å². The van der Waals surface area contributed by atoms with Crippen molar-refractivity contribution in [2.45, 2.75) is 6.42 Å². The van der Waals surface area contributed by atoms with Crippen molar-refractivity contribution in [2.75, 3.05) is 13.7 Å². The standard InChI is InChI=1S/C22H18N2O2S2/c1-26-18-7-4-15(5-8-18)10-12-24-21(25)20(28-22(24)27)14-16-6-9-19-17(13-16)3-2-11-23-19/h2-9,11,13-14H,10,12H2,1H3/b20-14+. The zero-order chi connectivity index (χ0) is 19.5. The van der Waals surface area contributed by atoms with Gasteiger partial charge in [0.25, 0.3) is 5.91 Å². The molecule has 2 aromatic carbocycles. The molecular formula is C22H18N2O2S2. The van der Waals surface area contributed by atoms with Gasteiger partial charge in [0.15, 0.2) is 0 Å². The molecule has 0 saturated carbocycles. The third-order valence-corrected chi connectivity index (χ3v) is 5.96. The number of carbonyl (C=O) groups is 1. The largest absolute Gasteiger partial charge is 0.497 e. The third-order valence-electron chi connectivity index (χ3n) is 4.58. The molecule has 0 N–H and O–H groups in total. The van der Waals surface area contributed by atoms with Gasteiger partial charge in [-0.25, -0.2) is 0 Å². The van der Waals surface area contributed by atoms with E-state index < -0.39 is 0 Å². The molecule has 0 bridgehead atoms. The number of amides is 1. The average molecular weight is 407 g/mol. The monoisotopic (exact) mass is 406 g/mol. The van der Waals surface area contributed by atoms with Crippen LogP contribution in [0.5, 0.6) is 5.75 Å². The summed E-state index contributed by atoms with van der Waals surface area (Å²) in [6.45, 7) is 0.565. The van der Waals surface area contributed by atoms with Gasteiger partial charge in [0, 0.05) is 18.1 Å². The molecule has 6 heteroatoms. The molecule has 1 aliphatic heterocycles. The SMILES string of the molecule is COc1ccc(CCN2C(=O)/C(=C\c3ccc4ncccc4c3)SC2=S)cc1. The molecule has 0 aliphatic carbocycles. The van der Waals surface area contributed by atoms with Gasteiger partial charge in [-0.3, -0.25) is 14.7 Å². The highest BCUT2D eigenvalue weighted by Crippen LogP contribution is 2.33. The maximum absolute atomic E-state index is 12.8. The van der Waals surface area contributed by atoms with E-state index >= 15 is 0 Å². The predicted molar refractivity (Wildman–Crippen MR) is 118 cm³/mol. The van der Waals surface area contributed by atoms with Crippen LogP contribution in [0.2, 0.25) is 0 Å². The van der Waals surface area contributed by atoms with E-state index in [1.165, 1.54) is 11.8 Å². The number of hydrogen-bond donors (Lipinski definition) is 0. The zero-order valence-electron chi connectivity index (χ0n) is 15.3. The Morgan fingerprint density at radius 2 is 2.00 bits per heavy atom. The highest BCUT2D eigenvalue weighted by Gasteiger charge is 2.31. The van der Waals surface area contributed by atoms with Crippen LogP contribution < -0.4 is 4.74 Å². The Kier molecular flexibility index (Phi) is 5.41. The van der Waals surface area contributed by atoms with Crippen molar-refractivity contribution in [3.05, 3.63) is 76.8 Å². The molecule has 3 aromatic rings. The minimum absolute atomic E-state index is 0.0326. The first kappa shape index (κ1) is 18.7. The van der Waals surface area contributed by atoms with Crippen LogP contribution >= 0.6 is 24.0 Å². The number of nitrogens with zero attached hydrogens (tertiary/aromatic N) is 2. The van der Waals surface area contributed by atoms with Crippen LogP contribution in [-0.2, 0) is 11.2 Å². The quantitative estimate of drug-likeness (QED) is 0.454. The molecule has 0 spiro atoms. The topological polar surface area (TPSA) is 42.4 Å². The summed E-state index contributed by atoms with van der Waals surface area (Å²) in [6, 6.07) is 17.8. The van der Waals surface area contributed by atoms with E-state index in [1.54, 1.807) is 18.2 Å². The summed E-state index contributed by atoms with van der Waals surface area (Å²) >= 11 is 6.80. The molecule has 0 unspecified atom stereocenters. The first-order valence-electron chi connectivity index (χ1n) is 8.87. The van der Waals surface area contributed by atoms with Gasteiger partial charge < -0.3 is 4.74 Å². The summed E-state index contributed by atoms with van der Waals surface area (Å²) in [5.41, 5.74) is 3.05. The van der Waals surface area contributed by atoms with Crippen LogP contribution in [0.1, 0.15) is 11.1 Å². The van der Waals surface area contributed by atoms with Gasteiger partial charge in [0.05, 0.1) is 17.5 Å². The fourth-order valence-corrected chi connectivity index (χ4v) is 4.37. The molecule has 1 aromatic heterocycles. The minimum atomic E-state index is -0.0326. The van der Waals surface area contributed by atoms with Crippen LogP contribution in [0, 0.1) is 0 Å². The lowest BCUT2D eigenvalue weighted by molar-refractivity contribution is -0.122. The number of ether oxygens (including phenoxy) is 1. The lowest BCUT2D eigenvalue weighted by Crippen LogP contribution is -2.30. The van der Waals surface area contributed by atoms with Crippen LogP contribution in [-0.4, -0.2) is 33.8 Å². The fraction of sp³-hybridized carbons (Fsp3) is 0.136. The molecule has 0 atom stereocenters. The van der Waals surface area contributed by atoms with Gasteiger partial charge >= 0.3 is 0 Å². The molecule has 1 saturated heterocycles. The van der Waals surface area contributed by atoms with Crippen LogP contribution in [0.4, 0.5) is 0 Å². The highest BCUT2D eigenvalue weighted by molar-refractivity contribution is 8.26. The summed E-state index contributed by atoms with van der Waals surface area (Å²) in [6.07, 6.45) is 4.42. The predicted octanol–water partition coefficient (Wildman–Crippen LogP) is 4.69. The Morgan fingerprint density at radius 3 is 2.79 bits per heavy atom. The molecule has 2 heterocycles. The Bertz CT molecular complexity index is 1080. The second kappa shape index (κ2) is 8.12. The Morgan fingerprint density at radius 1 is 1.18 bits per heavy atom. The van der Waals surface area contributed by atoms with E-state index in [9.17, 15) is 4.79 Å². The Hall–Kier alpha value is -2.70. The molecule has 4 nitrogen and oxygen atoms in total. The second-order valence-corrected chi connectivity index (χ2v) is 8.06. The zero-order valence-corrected chi connectivity index (χ0v) is 16.9. The Balaban J connectivity index is 1.48. The van der Waals surface area contributed by atoms with E-state index in [1.807, 2.05) is 60.7 Å².